The molecule has 0 aliphatic heterocycles. The number of nitrogens with zero attached hydrogens (tertiary/aromatic N) is 3. The number of halogens is 1. The van der Waals surface area contributed by atoms with Crippen molar-refractivity contribution < 1.29 is 19.0 Å². The highest BCUT2D eigenvalue weighted by Gasteiger charge is 2.34. The molecule has 0 unspecified atom stereocenters. The van der Waals surface area contributed by atoms with Gasteiger partial charge in [-0.3, -0.25) is 4.79 Å². The largest absolute Gasteiger partial charge is 0.494 e. The summed E-state index contributed by atoms with van der Waals surface area (Å²) in [5, 5.41) is 12.7. The Bertz CT molecular complexity index is 1900. The number of carbonyl (C=O) groups is 1. The number of nitrogens with two attached hydrogens (primary N) is 1. The number of carboxylic acid groups (broad SMARTS) is 1. The normalized spacial score (nSPS) is 13.7. The minimum absolute atomic E-state index is 0.202. The first-order valence-corrected chi connectivity index (χ1v) is 13.6. The molecule has 42 heavy (non-hydrogen) atoms. The van der Waals surface area contributed by atoms with Gasteiger partial charge in [-0.1, -0.05) is 66.7 Å². The van der Waals surface area contributed by atoms with Gasteiger partial charge in [0.25, 0.3) is 6.47 Å². The third-order valence-corrected chi connectivity index (χ3v) is 7.94. The number of benzene rings is 4. The SMILES string of the molecule is COc1cc(-c2ccc3c(c2)nn2cc(-c4ccccc4)c(-c4ccc(C5(N)CCC5)cc4)nc32)ccc1F.O=CO. The van der Waals surface area contributed by atoms with E-state index >= 15 is 0 Å². The molecule has 210 valence electrons. The maximum absolute atomic E-state index is 14.0. The van der Waals surface area contributed by atoms with E-state index in [0.717, 1.165) is 62.9 Å². The maximum atomic E-state index is 14.0. The average molecular weight is 561 g/mol. The second-order valence-corrected chi connectivity index (χ2v) is 10.4. The van der Waals surface area contributed by atoms with E-state index in [1.807, 2.05) is 40.9 Å². The van der Waals surface area contributed by atoms with E-state index in [4.69, 9.17) is 30.5 Å². The Morgan fingerprint density at radius 2 is 1.60 bits per heavy atom. The minimum Gasteiger partial charge on any atom is -0.494 e. The summed E-state index contributed by atoms with van der Waals surface area (Å²) < 4.78 is 21.0. The predicted molar refractivity (Wildman–Crippen MR) is 162 cm³/mol. The van der Waals surface area contributed by atoms with E-state index in [9.17, 15) is 4.39 Å². The van der Waals surface area contributed by atoms with Crippen LogP contribution >= 0.6 is 0 Å². The molecule has 0 saturated heterocycles. The number of rotatable bonds is 5. The van der Waals surface area contributed by atoms with Gasteiger partial charge in [-0.05, 0) is 65.8 Å². The Labute approximate surface area is 242 Å². The molecule has 8 heteroatoms. The molecule has 7 rings (SSSR count). The number of aromatic nitrogens is 3. The highest BCUT2D eigenvalue weighted by Crippen LogP contribution is 2.40. The number of fused-ring (bicyclic) bond motifs is 3. The third kappa shape index (κ3) is 4.86. The molecule has 0 amide bonds. The van der Waals surface area contributed by atoms with Crippen LogP contribution < -0.4 is 10.5 Å². The van der Waals surface area contributed by atoms with Crippen molar-refractivity contribution in [3.05, 3.63) is 109 Å². The minimum atomic E-state index is -0.386. The lowest BCUT2D eigenvalue weighted by Gasteiger charge is -2.38. The summed E-state index contributed by atoms with van der Waals surface area (Å²) >= 11 is 0. The van der Waals surface area contributed by atoms with Gasteiger partial charge in [-0.2, -0.15) is 5.10 Å². The van der Waals surface area contributed by atoms with E-state index < -0.39 is 0 Å². The van der Waals surface area contributed by atoms with Crippen molar-refractivity contribution in [1.82, 2.24) is 14.6 Å². The van der Waals surface area contributed by atoms with Crippen LogP contribution in [0, 0.1) is 5.82 Å². The molecular weight excluding hydrogens is 531 g/mol. The zero-order valence-corrected chi connectivity index (χ0v) is 23.0. The maximum Gasteiger partial charge on any atom is 0.290 e. The number of hydrogen-bond donors (Lipinski definition) is 2. The van der Waals surface area contributed by atoms with Crippen LogP contribution in [0.1, 0.15) is 24.8 Å². The van der Waals surface area contributed by atoms with Gasteiger partial charge in [0.15, 0.2) is 17.2 Å². The first-order chi connectivity index (χ1) is 20.4. The molecule has 0 atom stereocenters. The monoisotopic (exact) mass is 560 g/mol. The topological polar surface area (TPSA) is 103 Å². The lowest BCUT2D eigenvalue weighted by Crippen LogP contribution is -2.43. The van der Waals surface area contributed by atoms with Crippen LogP contribution in [0.2, 0.25) is 0 Å². The molecule has 7 nitrogen and oxygen atoms in total. The van der Waals surface area contributed by atoms with Gasteiger partial charge in [-0.25, -0.2) is 13.9 Å². The Hall–Kier alpha value is -5.08. The molecule has 2 aromatic heterocycles. The molecule has 4 aromatic carbocycles. The molecule has 1 fully saturated rings. The summed E-state index contributed by atoms with van der Waals surface area (Å²) in [6, 6.07) is 29.7. The van der Waals surface area contributed by atoms with Crippen LogP contribution in [0.3, 0.4) is 0 Å². The Morgan fingerprint density at radius 1 is 0.929 bits per heavy atom. The van der Waals surface area contributed by atoms with Crippen LogP contribution in [-0.4, -0.2) is 33.3 Å². The Balaban J connectivity index is 0.00000101. The van der Waals surface area contributed by atoms with Gasteiger partial charge in [-0.15, -0.1) is 0 Å². The van der Waals surface area contributed by atoms with Gasteiger partial charge in [0, 0.05) is 28.2 Å². The van der Waals surface area contributed by atoms with Crippen molar-refractivity contribution in [3.8, 4) is 39.3 Å². The van der Waals surface area contributed by atoms with E-state index in [1.165, 1.54) is 25.2 Å². The summed E-state index contributed by atoms with van der Waals surface area (Å²) in [6.07, 6.45) is 5.29. The second kappa shape index (κ2) is 11.1. The summed E-state index contributed by atoms with van der Waals surface area (Å²) in [5.74, 6) is -0.173. The van der Waals surface area contributed by atoms with Gasteiger partial charge >= 0.3 is 0 Å². The molecule has 3 N–H and O–H groups in total. The number of methoxy groups -OCH3 is 1. The fraction of sp³-hybridized carbons (Fsp3) is 0.147. The summed E-state index contributed by atoms with van der Waals surface area (Å²) in [7, 11) is 1.47. The Morgan fingerprint density at radius 3 is 2.26 bits per heavy atom. The first-order valence-electron chi connectivity index (χ1n) is 13.6. The van der Waals surface area contributed by atoms with Crippen molar-refractivity contribution >= 4 is 23.0 Å². The Kier molecular flexibility index (Phi) is 7.14. The van der Waals surface area contributed by atoms with Crippen LogP contribution in [0.4, 0.5) is 4.39 Å². The standard InChI is InChI=1S/C33H27FN4O.CH2O2/c1-39-30-19-24(11-15-28(30)34)23-10-14-26-29(18-23)37-38-20-27(21-6-3-2-4-7-21)31(36-32(26)38)22-8-12-25(13-9-22)33(35)16-5-17-33;2-1-3/h2-4,6-15,18-20H,5,16-17,35H2,1H3;1H,(H,2,3). The number of ether oxygens (including phenoxy) is 1. The van der Waals surface area contributed by atoms with Crippen LogP contribution in [0.5, 0.6) is 5.75 Å². The van der Waals surface area contributed by atoms with Crippen molar-refractivity contribution in [2.24, 2.45) is 5.73 Å². The fourth-order valence-corrected chi connectivity index (χ4v) is 5.52. The summed E-state index contributed by atoms with van der Waals surface area (Å²) in [6.45, 7) is -0.250. The molecule has 1 aliphatic carbocycles. The average Bonchev–Trinajstić information content (AvgIpc) is 3.37. The molecule has 6 aromatic rings. The van der Waals surface area contributed by atoms with E-state index in [0.29, 0.717) is 0 Å². The van der Waals surface area contributed by atoms with Crippen molar-refractivity contribution in [2.45, 2.75) is 24.8 Å². The van der Waals surface area contributed by atoms with Crippen molar-refractivity contribution in [1.29, 1.82) is 0 Å². The quantitative estimate of drug-likeness (QED) is 0.219. The van der Waals surface area contributed by atoms with Crippen molar-refractivity contribution in [3.63, 3.8) is 0 Å². The molecular formula is C34H29FN4O3. The molecule has 1 saturated carbocycles. The third-order valence-electron chi connectivity index (χ3n) is 7.94. The predicted octanol–water partition coefficient (Wildman–Crippen LogP) is 7.07. The smallest absolute Gasteiger partial charge is 0.290 e. The van der Waals surface area contributed by atoms with E-state index in [-0.39, 0.29) is 23.6 Å². The zero-order chi connectivity index (χ0) is 29.3. The van der Waals surface area contributed by atoms with Crippen LogP contribution in [0.25, 0.3) is 50.1 Å². The second-order valence-electron chi connectivity index (χ2n) is 10.4. The molecule has 1 aliphatic rings. The molecule has 0 bridgehead atoms. The van der Waals surface area contributed by atoms with Gasteiger partial charge < -0.3 is 15.6 Å². The molecule has 2 heterocycles. The van der Waals surface area contributed by atoms with Gasteiger partial charge in [0.2, 0.25) is 0 Å². The lowest BCUT2D eigenvalue weighted by atomic mass is 9.72. The molecule has 0 spiro atoms. The fourth-order valence-electron chi connectivity index (χ4n) is 5.52. The number of hydrogen-bond acceptors (Lipinski definition) is 5. The van der Waals surface area contributed by atoms with Crippen LogP contribution in [0.15, 0.2) is 97.2 Å². The highest BCUT2D eigenvalue weighted by molar-refractivity contribution is 5.96. The zero-order valence-electron chi connectivity index (χ0n) is 23.0. The van der Waals surface area contributed by atoms with Crippen LogP contribution in [-0.2, 0) is 10.3 Å². The summed E-state index contributed by atoms with van der Waals surface area (Å²) in [5.41, 5.74) is 14.9. The van der Waals surface area contributed by atoms with Gasteiger partial charge in [0.05, 0.1) is 18.3 Å². The van der Waals surface area contributed by atoms with E-state index in [1.54, 1.807) is 12.1 Å². The first kappa shape index (κ1) is 27.1. The summed E-state index contributed by atoms with van der Waals surface area (Å²) in [4.78, 5) is 13.5. The highest BCUT2D eigenvalue weighted by atomic mass is 19.1. The van der Waals surface area contributed by atoms with Crippen molar-refractivity contribution in [2.75, 3.05) is 7.11 Å². The molecule has 0 radical (unpaired) electrons. The lowest BCUT2D eigenvalue weighted by molar-refractivity contribution is -0.122. The van der Waals surface area contributed by atoms with E-state index in [2.05, 4.69) is 42.6 Å². The van der Waals surface area contributed by atoms with Gasteiger partial charge in [0.1, 0.15) is 0 Å².